The van der Waals surface area contributed by atoms with Crippen LogP contribution in [0.1, 0.15) is 11.1 Å². The summed E-state index contributed by atoms with van der Waals surface area (Å²) >= 11 is 0. The zero-order chi connectivity index (χ0) is 47.6. The van der Waals surface area contributed by atoms with Gasteiger partial charge in [0.25, 0.3) is 40.5 Å². The van der Waals surface area contributed by atoms with Crippen molar-refractivity contribution in [2.75, 3.05) is 96.1 Å². The largest absolute Gasteiger partial charge is 0.394 e. The first-order valence-electron chi connectivity index (χ1n) is 18.1. The maximum absolute atomic E-state index is 12.6. The standard InChI is InChI=1S/C32H44N12O16S4/c1-43(9-11-61(49,50)51)31-39-27(33-15-23(47)17-45)37-29(41-31)35-21-7-5-19(25(13-21)63(55,56)57)3-4-20-6-8-22(14-26(20)64(58,59)60)36-30-38-28(34-16-24(48)18-46)40-32(42-30)44(2)10-12-62(52,53)54/h3-8,13-14,23-24,45-48H,9-12,15-18H2,1-2H3,(H,49,50,51)(H,52,53,54)(H,55,56,57)(H,58,59,60)(H2,33,35,37,39,41)(H2,34,36,38,40,42)/b4-3+. The van der Waals surface area contributed by atoms with Gasteiger partial charge in [0, 0.05) is 51.6 Å². The van der Waals surface area contributed by atoms with Gasteiger partial charge in [0.2, 0.25) is 35.7 Å². The van der Waals surface area contributed by atoms with E-state index in [2.05, 4.69) is 51.2 Å². The van der Waals surface area contributed by atoms with Crippen molar-refractivity contribution in [2.45, 2.75) is 22.0 Å². The maximum atomic E-state index is 12.6. The van der Waals surface area contributed by atoms with E-state index < -0.39 is 87.2 Å². The first-order valence-corrected chi connectivity index (χ1v) is 24.2. The van der Waals surface area contributed by atoms with Gasteiger partial charge in [-0.15, -0.1) is 0 Å². The highest BCUT2D eigenvalue weighted by Gasteiger charge is 2.21. The summed E-state index contributed by atoms with van der Waals surface area (Å²) in [6.07, 6.45) is -0.232. The summed E-state index contributed by atoms with van der Waals surface area (Å²) in [5.41, 5.74) is -0.431. The Kier molecular flexibility index (Phi) is 17.1. The molecule has 0 spiro atoms. The summed E-state index contributed by atoms with van der Waals surface area (Å²) in [7, 11) is -16.0. The van der Waals surface area contributed by atoms with Gasteiger partial charge in [-0.1, -0.05) is 24.3 Å². The smallest absolute Gasteiger partial charge is 0.295 e. The second-order valence-corrected chi connectivity index (χ2v) is 19.4. The van der Waals surface area contributed by atoms with E-state index in [-0.39, 0.29) is 84.4 Å². The number of nitrogens with zero attached hydrogens (tertiary/aromatic N) is 8. The number of hydrogen-bond acceptors (Lipinski definition) is 24. The number of nitrogens with one attached hydrogen (secondary N) is 4. The molecular weight excluding hydrogens is 937 g/mol. The second-order valence-electron chi connectivity index (χ2n) is 13.5. The molecule has 28 nitrogen and oxygen atoms in total. The van der Waals surface area contributed by atoms with E-state index in [9.17, 15) is 72.3 Å². The minimum absolute atomic E-state index is 0.0352. The lowest BCUT2D eigenvalue weighted by Crippen LogP contribution is -2.28. The first kappa shape index (κ1) is 51.1. The maximum Gasteiger partial charge on any atom is 0.295 e. The summed E-state index contributed by atoms with van der Waals surface area (Å²) < 4.78 is 134. The monoisotopic (exact) mass is 980 g/mol. The number of hydrogen-bond donors (Lipinski definition) is 12. The molecule has 32 heteroatoms. The van der Waals surface area contributed by atoms with E-state index >= 15 is 0 Å². The van der Waals surface area contributed by atoms with Crippen LogP contribution in [0.2, 0.25) is 0 Å². The van der Waals surface area contributed by atoms with Gasteiger partial charge in [0.1, 0.15) is 9.79 Å². The lowest BCUT2D eigenvalue weighted by atomic mass is 10.1. The molecular formula is C32H44N12O16S4. The van der Waals surface area contributed by atoms with Gasteiger partial charge in [-0.05, 0) is 35.4 Å². The molecule has 4 rings (SSSR count). The zero-order valence-electron chi connectivity index (χ0n) is 33.5. The normalized spacial score (nSPS) is 13.3. The van der Waals surface area contributed by atoms with E-state index in [1.807, 2.05) is 0 Å². The Morgan fingerprint density at radius 3 is 1.22 bits per heavy atom. The zero-order valence-corrected chi connectivity index (χ0v) is 36.8. The van der Waals surface area contributed by atoms with Gasteiger partial charge in [-0.25, -0.2) is 0 Å². The van der Waals surface area contributed by atoms with Crippen LogP contribution in [0.3, 0.4) is 0 Å². The van der Waals surface area contributed by atoms with Crippen LogP contribution in [0.5, 0.6) is 0 Å². The number of aliphatic hydroxyl groups is 4. The predicted octanol–water partition coefficient (Wildman–Crippen LogP) is -1.61. The lowest BCUT2D eigenvalue weighted by Gasteiger charge is -2.18. The van der Waals surface area contributed by atoms with Crippen molar-refractivity contribution in [3.05, 3.63) is 47.5 Å². The molecule has 2 aromatic heterocycles. The second kappa shape index (κ2) is 21.4. The number of benzene rings is 2. The predicted molar refractivity (Wildman–Crippen MR) is 230 cm³/mol. The number of aliphatic hydroxyl groups excluding tert-OH is 4. The van der Waals surface area contributed by atoms with Crippen molar-refractivity contribution >= 4 is 99.7 Å². The topological polar surface area (TPSA) is 430 Å². The van der Waals surface area contributed by atoms with E-state index in [4.69, 9.17) is 0 Å². The Morgan fingerprint density at radius 1 is 0.562 bits per heavy atom. The van der Waals surface area contributed by atoms with Crippen LogP contribution in [-0.2, 0) is 40.5 Å². The van der Waals surface area contributed by atoms with Crippen molar-refractivity contribution in [1.82, 2.24) is 29.9 Å². The molecule has 0 saturated heterocycles. The fourth-order valence-electron chi connectivity index (χ4n) is 4.98. The average Bonchev–Trinajstić information content (AvgIpc) is 3.21. The lowest BCUT2D eigenvalue weighted by molar-refractivity contribution is 0.105. The van der Waals surface area contributed by atoms with Crippen molar-refractivity contribution in [3.63, 3.8) is 0 Å². The molecule has 2 aromatic carbocycles. The van der Waals surface area contributed by atoms with Gasteiger partial charge >= 0.3 is 0 Å². The Hall–Kier alpha value is -5.52. The Balaban J connectivity index is 1.67. The SMILES string of the molecule is CN(CCS(=O)(=O)O)c1nc(NCC(O)CO)nc(Nc2ccc(/C=C/c3ccc(Nc4nc(NCC(O)CO)nc(N(C)CCS(=O)(=O)O)n4)cc3S(=O)(=O)O)c(S(=O)(=O)O)c2)n1. The highest BCUT2D eigenvalue weighted by Crippen LogP contribution is 2.28. The quantitative estimate of drug-likeness (QED) is 0.0277. The molecule has 2 atom stereocenters. The molecule has 0 bridgehead atoms. The molecule has 12 N–H and O–H groups in total. The van der Waals surface area contributed by atoms with Crippen LogP contribution in [0, 0.1) is 0 Å². The molecule has 0 saturated carbocycles. The Labute approximate surface area is 366 Å². The van der Waals surface area contributed by atoms with Crippen LogP contribution in [0.15, 0.2) is 46.2 Å². The molecule has 352 valence electrons. The first-order chi connectivity index (χ1) is 29.7. The average molecular weight is 981 g/mol. The molecule has 0 aliphatic carbocycles. The third-order valence-electron chi connectivity index (χ3n) is 8.25. The van der Waals surface area contributed by atoms with Gasteiger partial charge < -0.3 is 51.5 Å². The number of aromatic nitrogens is 6. The van der Waals surface area contributed by atoms with E-state index in [1.54, 1.807) is 0 Å². The van der Waals surface area contributed by atoms with Crippen molar-refractivity contribution < 1.29 is 72.3 Å². The van der Waals surface area contributed by atoms with Crippen LogP contribution in [0.4, 0.5) is 47.1 Å². The molecule has 4 aromatic rings. The molecule has 0 radical (unpaired) electrons. The summed E-state index contributed by atoms with van der Waals surface area (Å²) in [6.45, 7) is -2.27. The number of anilines is 8. The third kappa shape index (κ3) is 16.2. The van der Waals surface area contributed by atoms with Crippen molar-refractivity contribution in [3.8, 4) is 0 Å². The Morgan fingerprint density at radius 2 is 0.906 bits per heavy atom. The van der Waals surface area contributed by atoms with Gasteiger partial charge in [0.15, 0.2) is 0 Å². The molecule has 2 unspecified atom stereocenters. The van der Waals surface area contributed by atoms with Gasteiger partial charge in [-0.2, -0.15) is 63.6 Å². The minimum atomic E-state index is -5.01. The fraction of sp³-hybridized carbons (Fsp3) is 0.375. The molecule has 64 heavy (non-hydrogen) atoms. The van der Waals surface area contributed by atoms with Crippen LogP contribution in [0.25, 0.3) is 12.2 Å². The van der Waals surface area contributed by atoms with Gasteiger partial charge in [0.05, 0.1) is 36.9 Å². The molecule has 0 aliphatic heterocycles. The van der Waals surface area contributed by atoms with E-state index in [0.717, 1.165) is 24.3 Å². The minimum Gasteiger partial charge on any atom is -0.394 e. The molecule has 0 fully saturated rings. The van der Waals surface area contributed by atoms with E-state index in [1.165, 1.54) is 48.2 Å². The van der Waals surface area contributed by atoms with Crippen LogP contribution < -0.4 is 31.1 Å². The molecule has 0 amide bonds. The summed E-state index contributed by atoms with van der Waals surface area (Å²) in [5, 5.41) is 48.6. The van der Waals surface area contributed by atoms with Crippen molar-refractivity contribution in [1.29, 1.82) is 0 Å². The van der Waals surface area contributed by atoms with Crippen LogP contribution >= 0.6 is 0 Å². The summed E-state index contributed by atoms with van der Waals surface area (Å²) in [5.74, 6) is -2.58. The summed E-state index contributed by atoms with van der Waals surface area (Å²) in [4.78, 5) is 25.9. The highest BCUT2D eigenvalue weighted by atomic mass is 32.2. The third-order valence-corrected chi connectivity index (χ3v) is 11.5. The Bertz CT molecular complexity index is 2580. The fourth-order valence-corrected chi connectivity index (χ4v) is 7.41. The molecule has 0 aliphatic rings. The van der Waals surface area contributed by atoms with Crippen LogP contribution in [-0.4, -0.2) is 179 Å². The van der Waals surface area contributed by atoms with Gasteiger partial charge in [-0.3, -0.25) is 18.2 Å². The highest BCUT2D eigenvalue weighted by molar-refractivity contribution is 7.86. The van der Waals surface area contributed by atoms with Crippen molar-refractivity contribution in [2.24, 2.45) is 0 Å². The molecule has 2 heterocycles. The summed E-state index contributed by atoms with van der Waals surface area (Å²) in [6, 6.07) is 6.98. The van der Waals surface area contributed by atoms with E-state index in [0.29, 0.717) is 0 Å². The number of rotatable bonds is 24.